The van der Waals surface area contributed by atoms with Crippen molar-refractivity contribution >= 4 is 17.1 Å². The quantitative estimate of drug-likeness (QED) is 0.191. The number of halogens is 1. The highest BCUT2D eigenvalue weighted by Crippen LogP contribution is 2.32. The average Bonchev–Trinajstić information content (AvgIpc) is 3.52. The van der Waals surface area contributed by atoms with Gasteiger partial charge in [0.1, 0.15) is 18.2 Å². The van der Waals surface area contributed by atoms with Crippen LogP contribution in [0.1, 0.15) is 48.3 Å². The van der Waals surface area contributed by atoms with E-state index in [0.29, 0.717) is 22.7 Å². The van der Waals surface area contributed by atoms with Crippen LogP contribution in [0, 0.1) is 5.82 Å². The van der Waals surface area contributed by atoms with E-state index >= 15 is 0 Å². The van der Waals surface area contributed by atoms with Crippen LogP contribution in [0.25, 0.3) is 27.9 Å². The van der Waals surface area contributed by atoms with Crippen LogP contribution in [0.5, 0.6) is 0 Å². The van der Waals surface area contributed by atoms with Gasteiger partial charge >= 0.3 is 0 Å². The van der Waals surface area contributed by atoms with E-state index in [-0.39, 0.29) is 24.3 Å². The van der Waals surface area contributed by atoms with Gasteiger partial charge in [0.15, 0.2) is 0 Å². The van der Waals surface area contributed by atoms with E-state index in [1.54, 1.807) is 10.6 Å². The van der Waals surface area contributed by atoms with Crippen molar-refractivity contribution < 1.29 is 9.18 Å². The van der Waals surface area contributed by atoms with Gasteiger partial charge in [-0.1, -0.05) is 55.1 Å². The monoisotopic (exact) mass is 615 g/mol. The Hall–Kier alpha value is -4.86. The minimum absolute atomic E-state index is 0.00543. The standard InChI is InChI=1S/C37H38FN7O/c1-24-2-13-34(37(46)42-24)43-32-11-9-26(10-12-32)28-14-16-44(17-15-28)21-25-3-5-27(6-4-25)31-19-35-36(40-23-41-45(35)22-31)29-7-8-30(20-39)33(38)18-29/h3-12,18-19,22-23,28,34,43H,1-2,13-17,20-21,39H2,(H,42,46). The number of nitrogens with zero attached hydrogens (tertiary/aromatic N) is 4. The third-order valence-corrected chi connectivity index (χ3v) is 9.31. The third-order valence-electron chi connectivity index (χ3n) is 9.31. The Morgan fingerprint density at radius 2 is 1.72 bits per heavy atom. The number of hydrogen-bond donors (Lipinski definition) is 3. The second kappa shape index (κ2) is 12.9. The molecule has 0 aliphatic carbocycles. The van der Waals surface area contributed by atoms with E-state index in [1.807, 2.05) is 12.3 Å². The number of amides is 1. The molecule has 7 rings (SSSR count). The highest BCUT2D eigenvalue weighted by atomic mass is 19.1. The first-order valence-electron chi connectivity index (χ1n) is 15.9. The Labute approximate surface area is 268 Å². The van der Waals surface area contributed by atoms with Gasteiger partial charge in [0.05, 0.1) is 11.2 Å². The Morgan fingerprint density at radius 3 is 2.43 bits per heavy atom. The lowest BCUT2D eigenvalue weighted by molar-refractivity contribution is -0.122. The molecule has 5 aromatic rings. The number of allylic oxidation sites excluding steroid dienone is 1. The smallest absolute Gasteiger partial charge is 0.246 e. The van der Waals surface area contributed by atoms with Crippen molar-refractivity contribution in [1.29, 1.82) is 0 Å². The number of likely N-dealkylation sites (tertiary alicyclic amines) is 1. The first-order chi connectivity index (χ1) is 22.4. The molecule has 3 aromatic carbocycles. The van der Waals surface area contributed by atoms with Crippen LogP contribution >= 0.6 is 0 Å². The summed E-state index contributed by atoms with van der Waals surface area (Å²) in [5.74, 6) is 0.208. The molecule has 234 valence electrons. The lowest BCUT2D eigenvalue weighted by atomic mass is 9.89. The number of nitrogens with two attached hydrogens (primary N) is 1. The van der Waals surface area contributed by atoms with E-state index in [1.165, 1.54) is 23.5 Å². The molecule has 0 bridgehead atoms. The summed E-state index contributed by atoms with van der Waals surface area (Å²) >= 11 is 0. The lowest BCUT2D eigenvalue weighted by Gasteiger charge is -2.32. The van der Waals surface area contributed by atoms with E-state index in [2.05, 4.69) is 86.8 Å². The number of hydrogen-bond acceptors (Lipinski definition) is 6. The van der Waals surface area contributed by atoms with Crippen LogP contribution in [0.3, 0.4) is 0 Å². The second-order valence-corrected chi connectivity index (χ2v) is 12.4. The van der Waals surface area contributed by atoms with Crippen LogP contribution in [0.15, 0.2) is 97.6 Å². The Morgan fingerprint density at radius 1 is 0.957 bits per heavy atom. The topological polar surface area (TPSA) is 101 Å². The van der Waals surface area contributed by atoms with Gasteiger partial charge in [-0.3, -0.25) is 9.69 Å². The molecule has 4 heterocycles. The SMILES string of the molecule is C=C1CCC(Nc2ccc(C3CCN(Cc4ccc(-c5cc6c(-c7ccc(CN)c(F)c7)ncnn6c5)cc4)CC3)cc2)C(=O)N1. The van der Waals surface area contributed by atoms with Gasteiger partial charge in [0, 0.05) is 47.4 Å². The summed E-state index contributed by atoms with van der Waals surface area (Å²) in [4.78, 5) is 19.2. The van der Waals surface area contributed by atoms with Crippen LogP contribution in [-0.4, -0.2) is 44.5 Å². The number of anilines is 1. The number of nitrogens with one attached hydrogen (secondary N) is 2. The molecule has 1 unspecified atom stereocenters. The van der Waals surface area contributed by atoms with Gasteiger partial charge < -0.3 is 16.4 Å². The lowest BCUT2D eigenvalue weighted by Crippen LogP contribution is -2.43. The second-order valence-electron chi connectivity index (χ2n) is 12.4. The first kappa shape index (κ1) is 29.8. The zero-order valence-electron chi connectivity index (χ0n) is 25.8. The van der Waals surface area contributed by atoms with Crippen molar-refractivity contribution in [3.05, 3.63) is 120 Å². The molecule has 46 heavy (non-hydrogen) atoms. The molecule has 4 N–H and O–H groups in total. The van der Waals surface area contributed by atoms with Gasteiger partial charge in [0.2, 0.25) is 5.91 Å². The van der Waals surface area contributed by atoms with Crippen LogP contribution in [-0.2, 0) is 17.9 Å². The maximum Gasteiger partial charge on any atom is 0.246 e. The van der Waals surface area contributed by atoms with Gasteiger partial charge in [0.25, 0.3) is 0 Å². The largest absolute Gasteiger partial charge is 0.374 e. The van der Waals surface area contributed by atoms with E-state index in [4.69, 9.17) is 5.73 Å². The first-order valence-corrected chi connectivity index (χ1v) is 15.9. The molecule has 2 saturated heterocycles. The zero-order chi connectivity index (χ0) is 31.6. The maximum atomic E-state index is 14.5. The number of benzene rings is 3. The number of fused-ring (bicyclic) bond motifs is 1. The van der Waals surface area contributed by atoms with Crippen molar-refractivity contribution in [3.63, 3.8) is 0 Å². The fraction of sp³-hybridized carbons (Fsp3) is 0.270. The molecule has 2 fully saturated rings. The maximum absolute atomic E-state index is 14.5. The molecular formula is C37H38FN7O. The fourth-order valence-corrected chi connectivity index (χ4v) is 6.62. The van der Waals surface area contributed by atoms with Crippen molar-refractivity contribution in [2.24, 2.45) is 5.73 Å². The number of carbonyl (C=O) groups is 1. The molecule has 9 heteroatoms. The van der Waals surface area contributed by atoms with Crippen LogP contribution in [0.4, 0.5) is 10.1 Å². The van der Waals surface area contributed by atoms with Crippen LogP contribution < -0.4 is 16.4 Å². The molecule has 0 radical (unpaired) electrons. The van der Waals surface area contributed by atoms with Crippen molar-refractivity contribution in [1.82, 2.24) is 24.8 Å². The fourth-order valence-electron chi connectivity index (χ4n) is 6.62. The summed E-state index contributed by atoms with van der Waals surface area (Å²) in [6.07, 6.45) is 7.30. The summed E-state index contributed by atoms with van der Waals surface area (Å²) in [5, 5.41) is 10.6. The predicted octanol–water partition coefficient (Wildman–Crippen LogP) is 6.24. The molecule has 1 amide bonds. The van der Waals surface area contributed by atoms with E-state index in [0.717, 1.165) is 73.3 Å². The van der Waals surface area contributed by atoms with Gasteiger partial charge in [-0.05, 0) is 85.6 Å². The summed E-state index contributed by atoms with van der Waals surface area (Å²) in [5.41, 5.74) is 14.8. The molecule has 0 saturated carbocycles. The van der Waals surface area contributed by atoms with Gasteiger partial charge in [-0.2, -0.15) is 5.10 Å². The van der Waals surface area contributed by atoms with Crippen molar-refractivity contribution in [2.45, 2.75) is 50.7 Å². The highest BCUT2D eigenvalue weighted by Gasteiger charge is 2.24. The predicted molar refractivity (Wildman–Crippen MR) is 179 cm³/mol. The molecule has 2 aliphatic rings. The number of piperidine rings is 2. The summed E-state index contributed by atoms with van der Waals surface area (Å²) in [6, 6.07) is 24.2. The normalized spacial score (nSPS) is 17.7. The van der Waals surface area contributed by atoms with E-state index < -0.39 is 0 Å². The third kappa shape index (κ3) is 6.29. The van der Waals surface area contributed by atoms with Crippen molar-refractivity contribution in [2.75, 3.05) is 18.4 Å². The molecule has 2 aromatic heterocycles. The minimum Gasteiger partial charge on any atom is -0.374 e. The van der Waals surface area contributed by atoms with Crippen LogP contribution in [0.2, 0.25) is 0 Å². The summed E-state index contributed by atoms with van der Waals surface area (Å²) in [7, 11) is 0. The highest BCUT2D eigenvalue weighted by molar-refractivity contribution is 5.87. The molecule has 2 aliphatic heterocycles. The molecule has 8 nitrogen and oxygen atoms in total. The van der Waals surface area contributed by atoms with E-state index in [9.17, 15) is 9.18 Å². The molecule has 0 spiro atoms. The molecule has 1 atom stereocenters. The van der Waals surface area contributed by atoms with Gasteiger partial charge in [-0.25, -0.2) is 13.9 Å². The zero-order valence-corrected chi connectivity index (χ0v) is 25.8. The molecular weight excluding hydrogens is 577 g/mol. The number of aromatic nitrogens is 3. The summed E-state index contributed by atoms with van der Waals surface area (Å²) in [6.45, 7) is 7.04. The Bertz CT molecular complexity index is 1870. The Kier molecular flexibility index (Phi) is 8.34. The Balaban J connectivity index is 0.953. The minimum atomic E-state index is -0.329. The summed E-state index contributed by atoms with van der Waals surface area (Å²) < 4.78 is 16.3. The van der Waals surface area contributed by atoms with Crippen molar-refractivity contribution in [3.8, 4) is 22.4 Å². The van der Waals surface area contributed by atoms with Gasteiger partial charge in [-0.15, -0.1) is 0 Å². The number of carbonyl (C=O) groups excluding carboxylic acids is 1. The average molecular weight is 616 g/mol. The number of rotatable bonds is 8.